The first-order chi connectivity index (χ1) is 10.0. The molecule has 6 nitrogen and oxygen atoms in total. The van der Waals surface area contributed by atoms with E-state index in [0.717, 1.165) is 13.0 Å². The standard InChI is InChI=1S/C15H23NO5.ClH/c1-16(2)7-6-8-21-15(17)11-9-12(18-3)14(20-5)13(10-11)19-4;/h9-10H,6-8H2,1-5H3;1H. The normalized spacial score (nSPS) is 9.91. The molecule has 0 aromatic heterocycles. The van der Waals surface area contributed by atoms with Crippen LogP contribution in [-0.4, -0.2) is 54.5 Å². The van der Waals surface area contributed by atoms with Gasteiger partial charge in [0, 0.05) is 6.42 Å². The second-order valence-corrected chi connectivity index (χ2v) is 4.86. The van der Waals surface area contributed by atoms with Gasteiger partial charge in [0.25, 0.3) is 0 Å². The fourth-order valence-electron chi connectivity index (χ4n) is 1.87. The van der Waals surface area contributed by atoms with Crippen LogP contribution in [0.15, 0.2) is 12.1 Å². The lowest BCUT2D eigenvalue weighted by Crippen LogP contribution is -3.05. The van der Waals surface area contributed by atoms with E-state index in [1.54, 1.807) is 12.1 Å². The number of quaternary nitrogens is 1. The van der Waals surface area contributed by atoms with Gasteiger partial charge in [-0.05, 0) is 12.1 Å². The van der Waals surface area contributed by atoms with Crippen molar-refractivity contribution in [2.75, 3.05) is 48.6 Å². The molecule has 0 spiro atoms. The smallest absolute Gasteiger partial charge is 0.338 e. The predicted molar refractivity (Wildman–Crippen MR) is 78.7 cm³/mol. The Kier molecular flexibility index (Phi) is 9.37. The maximum Gasteiger partial charge on any atom is 0.338 e. The van der Waals surface area contributed by atoms with Gasteiger partial charge in [0.2, 0.25) is 5.75 Å². The molecule has 0 amide bonds. The van der Waals surface area contributed by atoms with Gasteiger partial charge in [0.05, 0.1) is 54.1 Å². The van der Waals surface area contributed by atoms with E-state index in [9.17, 15) is 4.79 Å². The third-order valence-corrected chi connectivity index (χ3v) is 2.95. The Morgan fingerprint density at radius 2 is 1.59 bits per heavy atom. The molecule has 1 rings (SSSR count). The van der Waals surface area contributed by atoms with Crippen LogP contribution >= 0.6 is 0 Å². The SMILES string of the molecule is COc1cc(C(=O)OCCC[NH+](C)C)cc(OC)c1OC.[Cl-]. The second kappa shape index (κ2) is 10.1. The molecule has 0 unspecified atom stereocenters. The van der Waals surface area contributed by atoms with Gasteiger partial charge in [-0.15, -0.1) is 0 Å². The summed E-state index contributed by atoms with van der Waals surface area (Å²) in [6.07, 6.45) is 0.818. The van der Waals surface area contributed by atoms with E-state index in [1.165, 1.54) is 26.2 Å². The lowest BCUT2D eigenvalue weighted by molar-refractivity contribution is -0.858. The molecule has 0 bridgehead atoms. The highest BCUT2D eigenvalue weighted by atomic mass is 35.5. The monoisotopic (exact) mass is 333 g/mol. The fraction of sp³-hybridized carbons (Fsp3) is 0.533. The molecule has 0 fully saturated rings. The number of rotatable bonds is 8. The molecule has 0 saturated carbocycles. The van der Waals surface area contributed by atoms with Crippen molar-refractivity contribution < 1.29 is 41.0 Å². The molecule has 126 valence electrons. The van der Waals surface area contributed by atoms with Gasteiger partial charge in [-0.1, -0.05) is 0 Å². The average molecular weight is 334 g/mol. The summed E-state index contributed by atoms with van der Waals surface area (Å²) in [6.45, 7) is 1.34. The molecule has 7 heteroatoms. The number of carbonyl (C=O) groups excluding carboxylic acids is 1. The molecule has 0 aliphatic heterocycles. The molecule has 1 N–H and O–H groups in total. The van der Waals surface area contributed by atoms with E-state index in [0.29, 0.717) is 29.4 Å². The summed E-state index contributed by atoms with van der Waals surface area (Å²) in [5.41, 5.74) is 0.377. The van der Waals surface area contributed by atoms with Crippen molar-refractivity contribution in [2.24, 2.45) is 0 Å². The van der Waals surface area contributed by atoms with Gasteiger partial charge in [0.15, 0.2) is 11.5 Å². The third-order valence-electron chi connectivity index (χ3n) is 2.95. The Labute approximate surface area is 137 Å². The lowest BCUT2D eigenvalue weighted by Gasteiger charge is -2.14. The van der Waals surface area contributed by atoms with E-state index in [1.807, 2.05) is 0 Å². The summed E-state index contributed by atoms with van der Waals surface area (Å²) >= 11 is 0. The molecule has 0 atom stereocenters. The van der Waals surface area contributed by atoms with Crippen molar-refractivity contribution in [3.05, 3.63) is 17.7 Å². The number of hydrogen-bond donors (Lipinski definition) is 1. The van der Waals surface area contributed by atoms with Gasteiger partial charge in [-0.25, -0.2) is 4.79 Å². The molecule has 0 aliphatic rings. The predicted octanol–water partition coefficient (Wildman–Crippen LogP) is -2.59. The van der Waals surface area contributed by atoms with Gasteiger partial charge in [-0.3, -0.25) is 0 Å². The highest BCUT2D eigenvalue weighted by molar-refractivity contribution is 5.91. The zero-order valence-corrected chi connectivity index (χ0v) is 14.5. The quantitative estimate of drug-likeness (QED) is 0.418. The first kappa shape index (κ1) is 20.3. The van der Waals surface area contributed by atoms with Gasteiger partial charge >= 0.3 is 5.97 Å². The van der Waals surface area contributed by atoms with Crippen molar-refractivity contribution in [3.8, 4) is 17.2 Å². The zero-order valence-electron chi connectivity index (χ0n) is 13.7. The van der Waals surface area contributed by atoms with Crippen molar-refractivity contribution in [3.63, 3.8) is 0 Å². The number of nitrogens with one attached hydrogen (secondary N) is 1. The topological polar surface area (TPSA) is 58.4 Å². The molecular formula is C15H24ClNO5. The van der Waals surface area contributed by atoms with E-state index < -0.39 is 5.97 Å². The number of benzene rings is 1. The summed E-state index contributed by atoms with van der Waals surface area (Å²) in [5.74, 6) is 0.916. The molecule has 0 aliphatic carbocycles. The molecule has 0 radical (unpaired) electrons. The highest BCUT2D eigenvalue weighted by Gasteiger charge is 2.17. The Balaban J connectivity index is 0.00000441. The summed E-state index contributed by atoms with van der Waals surface area (Å²) in [5, 5.41) is 0. The number of hydrogen-bond acceptors (Lipinski definition) is 5. The minimum atomic E-state index is -0.400. The van der Waals surface area contributed by atoms with Crippen LogP contribution in [0.25, 0.3) is 0 Å². The average Bonchev–Trinajstić information content (AvgIpc) is 2.49. The molecule has 1 aromatic carbocycles. The largest absolute Gasteiger partial charge is 1.00 e. The van der Waals surface area contributed by atoms with Gasteiger partial charge in [0.1, 0.15) is 0 Å². The van der Waals surface area contributed by atoms with Crippen LogP contribution in [0.3, 0.4) is 0 Å². The first-order valence-electron chi connectivity index (χ1n) is 6.79. The Bertz CT molecular complexity index is 454. The maximum atomic E-state index is 12.0. The van der Waals surface area contributed by atoms with Gasteiger partial charge in [-0.2, -0.15) is 0 Å². The van der Waals surface area contributed by atoms with E-state index in [-0.39, 0.29) is 12.4 Å². The molecule has 22 heavy (non-hydrogen) atoms. The summed E-state index contributed by atoms with van der Waals surface area (Å²) in [4.78, 5) is 13.4. The third kappa shape index (κ3) is 5.61. The van der Waals surface area contributed by atoms with E-state index in [4.69, 9.17) is 18.9 Å². The fourth-order valence-corrected chi connectivity index (χ4v) is 1.87. The Morgan fingerprint density at radius 3 is 2.00 bits per heavy atom. The Morgan fingerprint density at radius 1 is 1.05 bits per heavy atom. The van der Waals surface area contributed by atoms with E-state index in [2.05, 4.69) is 14.1 Å². The number of halogens is 1. The molecule has 1 aromatic rings. The zero-order chi connectivity index (χ0) is 15.8. The van der Waals surface area contributed by atoms with Crippen LogP contribution in [-0.2, 0) is 4.74 Å². The van der Waals surface area contributed by atoms with Crippen molar-refractivity contribution in [1.29, 1.82) is 0 Å². The summed E-state index contributed by atoms with van der Waals surface area (Å²) in [7, 11) is 8.64. The Hall–Kier alpha value is -1.66. The summed E-state index contributed by atoms with van der Waals surface area (Å²) < 4.78 is 20.9. The van der Waals surface area contributed by atoms with Crippen LogP contribution in [0.5, 0.6) is 17.2 Å². The van der Waals surface area contributed by atoms with Crippen molar-refractivity contribution in [1.82, 2.24) is 0 Å². The van der Waals surface area contributed by atoms with Crippen LogP contribution < -0.4 is 31.5 Å². The van der Waals surface area contributed by atoms with E-state index >= 15 is 0 Å². The number of methoxy groups -OCH3 is 3. The summed E-state index contributed by atoms with van der Waals surface area (Å²) in [6, 6.07) is 3.17. The molecular weight excluding hydrogens is 310 g/mol. The minimum Gasteiger partial charge on any atom is -1.00 e. The van der Waals surface area contributed by atoms with Crippen molar-refractivity contribution >= 4 is 5.97 Å². The number of ether oxygens (including phenoxy) is 4. The lowest BCUT2D eigenvalue weighted by atomic mass is 10.2. The van der Waals surface area contributed by atoms with Gasteiger partial charge < -0.3 is 36.3 Å². The van der Waals surface area contributed by atoms with Crippen LogP contribution in [0.4, 0.5) is 0 Å². The highest BCUT2D eigenvalue weighted by Crippen LogP contribution is 2.38. The number of esters is 1. The minimum absolute atomic E-state index is 0. The number of carbonyl (C=O) groups is 1. The molecule has 0 saturated heterocycles. The maximum absolute atomic E-state index is 12.0. The second-order valence-electron chi connectivity index (χ2n) is 4.86. The van der Waals surface area contributed by atoms with Crippen LogP contribution in [0.2, 0.25) is 0 Å². The molecule has 0 heterocycles. The van der Waals surface area contributed by atoms with Crippen molar-refractivity contribution in [2.45, 2.75) is 6.42 Å². The first-order valence-corrected chi connectivity index (χ1v) is 6.79. The van der Waals surface area contributed by atoms with Crippen LogP contribution in [0.1, 0.15) is 16.8 Å². The van der Waals surface area contributed by atoms with Crippen LogP contribution in [0, 0.1) is 0 Å².